The highest BCUT2D eigenvalue weighted by molar-refractivity contribution is 5.69. The van der Waals surface area contributed by atoms with Gasteiger partial charge in [-0.05, 0) is 40.0 Å². The van der Waals surface area contributed by atoms with Crippen molar-refractivity contribution in [1.82, 2.24) is 4.90 Å². The zero-order valence-corrected chi connectivity index (χ0v) is 14.8. The third-order valence-corrected chi connectivity index (χ3v) is 4.19. The van der Waals surface area contributed by atoms with E-state index < -0.39 is 34.9 Å². The first-order valence-corrected chi connectivity index (χ1v) is 7.90. The van der Waals surface area contributed by atoms with E-state index in [1.54, 1.807) is 20.8 Å². The van der Waals surface area contributed by atoms with Gasteiger partial charge in [-0.3, -0.25) is 0 Å². The van der Waals surface area contributed by atoms with Crippen LogP contribution in [0, 0.1) is 5.41 Å². The SMILES string of the molecule is CC(C)(C)OC(=O)N1CCCC[C@H]1[C@@](O)(C(C)(C)C)C(F)(F)F. The monoisotopic (exact) mass is 339 g/mol. The predicted octanol–water partition coefficient (Wildman–Crippen LogP) is 4.12. The van der Waals surface area contributed by atoms with Gasteiger partial charge >= 0.3 is 12.3 Å². The van der Waals surface area contributed by atoms with Crippen molar-refractivity contribution in [2.75, 3.05) is 6.54 Å². The summed E-state index contributed by atoms with van der Waals surface area (Å²) in [5.74, 6) is 0. The van der Waals surface area contributed by atoms with E-state index in [0.29, 0.717) is 12.8 Å². The lowest BCUT2D eigenvalue weighted by Crippen LogP contribution is -2.69. The molecule has 23 heavy (non-hydrogen) atoms. The van der Waals surface area contributed by atoms with Crippen molar-refractivity contribution >= 4 is 6.09 Å². The lowest BCUT2D eigenvalue weighted by Gasteiger charge is -2.51. The molecule has 1 saturated heterocycles. The van der Waals surface area contributed by atoms with Crippen LogP contribution in [0.25, 0.3) is 0 Å². The Balaban J connectivity index is 3.25. The van der Waals surface area contributed by atoms with Crippen molar-refractivity contribution in [2.45, 2.75) is 84.2 Å². The van der Waals surface area contributed by atoms with Crippen molar-refractivity contribution in [2.24, 2.45) is 5.41 Å². The Bertz CT molecular complexity index is 421. The molecule has 1 amide bonds. The normalized spacial score (nSPS) is 23.4. The molecule has 7 heteroatoms. The number of carbonyl (C=O) groups excluding carboxylic acids is 1. The van der Waals surface area contributed by atoms with E-state index in [-0.39, 0.29) is 13.0 Å². The average Bonchev–Trinajstić information content (AvgIpc) is 2.33. The van der Waals surface area contributed by atoms with Crippen molar-refractivity contribution in [3.05, 3.63) is 0 Å². The summed E-state index contributed by atoms with van der Waals surface area (Å²) >= 11 is 0. The quantitative estimate of drug-likeness (QED) is 0.782. The highest BCUT2D eigenvalue weighted by Crippen LogP contribution is 2.49. The predicted molar refractivity (Wildman–Crippen MR) is 81.0 cm³/mol. The number of nitrogens with zero attached hydrogens (tertiary/aromatic N) is 1. The third-order valence-electron chi connectivity index (χ3n) is 4.19. The number of aliphatic hydroxyl groups is 1. The van der Waals surface area contributed by atoms with Crippen LogP contribution < -0.4 is 0 Å². The molecule has 1 fully saturated rings. The second kappa shape index (κ2) is 6.15. The van der Waals surface area contributed by atoms with Gasteiger partial charge in [0.05, 0.1) is 6.04 Å². The number of ether oxygens (including phenoxy) is 1. The number of likely N-dealkylation sites (tertiary alicyclic amines) is 1. The second-order valence-corrected chi connectivity index (χ2v) is 8.20. The fourth-order valence-electron chi connectivity index (χ4n) is 3.02. The third kappa shape index (κ3) is 4.11. The summed E-state index contributed by atoms with van der Waals surface area (Å²) in [6.07, 6.45) is -4.46. The second-order valence-electron chi connectivity index (χ2n) is 8.20. The smallest absolute Gasteiger partial charge is 0.419 e. The molecular formula is C16H28F3NO3. The van der Waals surface area contributed by atoms with E-state index in [1.165, 1.54) is 20.8 Å². The van der Waals surface area contributed by atoms with Gasteiger partial charge in [0.25, 0.3) is 0 Å². The molecule has 0 aromatic heterocycles. The number of hydrogen-bond acceptors (Lipinski definition) is 3. The molecule has 0 spiro atoms. The van der Waals surface area contributed by atoms with Crippen LogP contribution in [0.4, 0.5) is 18.0 Å². The van der Waals surface area contributed by atoms with Gasteiger partial charge in [0.15, 0.2) is 5.60 Å². The number of alkyl halides is 3. The number of hydrogen-bond donors (Lipinski definition) is 1. The van der Waals surface area contributed by atoms with Crippen LogP contribution in [0.1, 0.15) is 60.8 Å². The molecule has 1 aliphatic heterocycles. The van der Waals surface area contributed by atoms with Crippen LogP contribution in [0.3, 0.4) is 0 Å². The van der Waals surface area contributed by atoms with Crippen molar-refractivity contribution < 1.29 is 27.8 Å². The molecule has 4 nitrogen and oxygen atoms in total. The van der Waals surface area contributed by atoms with Crippen LogP contribution in [0.2, 0.25) is 0 Å². The van der Waals surface area contributed by atoms with E-state index in [1.807, 2.05) is 0 Å². The minimum atomic E-state index is -4.85. The van der Waals surface area contributed by atoms with Crippen LogP contribution in [0.5, 0.6) is 0 Å². The summed E-state index contributed by atoms with van der Waals surface area (Å²) in [7, 11) is 0. The van der Waals surface area contributed by atoms with Gasteiger partial charge in [0.2, 0.25) is 0 Å². The number of rotatable bonds is 1. The molecule has 1 aliphatic rings. The van der Waals surface area contributed by atoms with Crippen LogP contribution in [-0.4, -0.2) is 46.1 Å². The molecule has 1 heterocycles. The Hall–Kier alpha value is -0.980. The Morgan fingerprint density at radius 3 is 2.00 bits per heavy atom. The number of piperidine rings is 1. The fourth-order valence-corrected chi connectivity index (χ4v) is 3.02. The molecule has 1 rings (SSSR count). The van der Waals surface area contributed by atoms with E-state index >= 15 is 0 Å². The molecule has 0 saturated carbocycles. The van der Waals surface area contributed by atoms with Gasteiger partial charge in [-0.15, -0.1) is 0 Å². The molecule has 1 N–H and O–H groups in total. The maximum atomic E-state index is 13.7. The summed E-state index contributed by atoms with van der Waals surface area (Å²) in [5, 5.41) is 10.7. The molecule has 0 unspecified atom stereocenters. The van der Waals surface area contributed by atoms with Crippen molar-refractivity contribution in [3.63, 3.8) is 0 Å². The standard InChI is InChI=1S/C16H28F3NO3/c1-13(2,3)15(22,16(17,18)19)11-9-7-8-10-20(11)12(21)23-14(4,5)6/h11,22H,7-10H2,1-6H3/t11-,15+/m0/s1. The van der Waals surface area contributed by atoms with Crippen LogP contribution in [0.15, 0.2) is 0 Å². The minimum absolute atomic E-state index is 0.0898. The van der Waals surface area contributed by atoms with Crippen molar-refractivity contribution in [3.8, 4) is 0 Å². The van der Waals surface area contributed by atoms with Crippen LogP contribution in [-0.2, 0) is 4.74 Å². The molecule has 0 radical (unpaired) electrons. The first-order chi connectivity index (χ1) is 10.1. The summed E-state index contributed by atoms with van der Waals surface area (Å²) in [6, 6.07) is -1.36. The number of carbonyl (C=O) groups is 1. The Labute approximate surface area is 136 Å². The molecule has 0 aromatic rings. The van der Waals surface area contributed by atoms with Gasteiger partial charge in [-0.1, -0.05) is 20.8 Å². The maximum Gasteiger partial charge on any atom is 0.419 e. The van der Waals surface area contributed by atoms with E-state index in [0.717, 1.165) is 4.90 Å². The van der Waals surface area contributed by atoms with Gasteiger partial charge in [0.1, 0.15) is 5.60 Å². The van der Waals surface area contributed by atoms with Gasteiger partial charge in [-0.2, -0.15) is 13.2 Å². The van der Waals surface area contributed by atoms with E-state index in [2.05, 4.69) is 0 Å². The fraction of sp³-hybridized carbons (Fsp3) is 0.938. The Kier molecular flexibility index (Phi) is 5.36. The zero-order chi connectivity index (χ0) is 18.3. The number of amides is 1. The maximum absolute atomic E-state index is 13.7. The number of halogens is 3. The zero-order valence-electron chi connectivity index (χ0n) is 14.8. The summed E-state index contributed by atoms with van der Waals surface area (Å²) in [6.45, 7) is 9.12. The lowest BCUT2D eigenvalue weighted by atomic mass is 9.68. The highest BCUT2D eigenvalue weighted by Gasteiger charge is 2.66. The average molecular weight is 339 g/mol. The van der Waals surface area contributed by atoms with Gasteiger partial charge in [0, 0.05) is 12.0 Å². The molecule has 0 aliphatic carbocycles. The largest absolute Gasteiger partial charge is 0.444 e. The van der Waals surface area contributed by atoms with E-state index in [4.69, 9.17) is 4.74 Å². The molecule has 0 bridgehead atoms. The lowest BCUT2D eigenvalue weighted by molar-refractivity contribution is -0.315. The summed E-state index contributed by atoms with van der Waals surface area (Å²) in [4.78, 5) is 13.4. The van der Waals surface area contributed by atoms with Gasteiger partial charge in [-0.25, -0.2) is 4.79 Å². The molecule has 2 atom stereocenters. The highest BCUT2D eigenvalue weighted by atomic mass is 19.4. The molecular weight excluding hydrogens is 311 g/mol. The first-order valence-electron chi connectivity index (χ1n) is 7.90. The van der Waals surface area contributed by atoms with Gasteiger partial charge < -0.3 is 14.7 Å². The Morgan fingerprint density at radius 1 is 1.09 bits per heavy atom. The molecule has 136 valence electrons. The summed E-state index contributed by atoms with van der Waals surface area (Å²) < 4.78 is 46.4. The van der Waals surface area contributed by atoms with Crippen LogP contribution >= 0.6 is 0 Å². The van der Waals surface area contributed by atoms with Crippen molar-refractivity contribution in [1.29, 1.82) is 0 Å². The first kappa shape index (κ1) is 20.1. The van der Waals surface area contributed by atoms with E-state index in [9.17, 15) is 23.1 Å². The summed E-state index contributed by atoms with van der Waals surface area (Å²) in [5.41, 5.74) is -5.29. The topological polar surface area (TPSA) is 49.8 Å². The molecule has 0 aromatic carbocycles. The minimum Gasteiger partial charge on any atom is -0.444 e. The Morgan fingerprint density at radius 2 is 1.61 bits per heavy atom.